The molecule has 1 aromatic rings. The Hall–Kier alpha value is -1.43. The maximum atomic E-state index is 13.3. The van der Waals surface area contributed by atoms with Crippen molar-refractivity contribution in [2.24, 2.45) is 0 Å². The first-order valence-corrected chi connectivity index (χ1v) is 4.50. The van der Waals surface area contributed by atoms with Crippen molar-refractivity contribution in [1.29, 1.82) is 5.26 Å². The summed E-state index contributed by atoms with van der Waals surface area (Å²) in [5.74, 6) is -0.364. The van der Waals surface area contributed by atoms with Gasteiger partial charge in [-0.25, -0.2) is 8.78 Å². The largest absolute Gasteiger partial charge is 0.245 e. The maximum absolute atomic E-state index is 13.3. The van der Waals surface area contributed by atoms with Gasteiger partial charge >= 0.3 is 0 Å². The van der Waals surface area contributed by atoms with Crippen molar-refractivity contribution in [1.82, 2.24) is 0 Å². The van der Waals surface area contributed by atoms with Crippen LogP contribution in [0.5, 0.6) is 0 Å². The van der Waals surface area contributed by atoms with E-state index >= 15 is 0 Å². The molecule has 0 radical (unpaired) electrons. The van der Waals surface area contributed by atoms with Gasteiger partial charge in [-0.1, -0.05) is 12.1 Å². The molecule has 2 rings (SSSR count). The van der Waals surface area contributed by atoms with Gasteiger partial charge in [0.1, 0.15) is 17.4 Å². The number of rotatable bonds is 1. The zero-order chi connectivity index (χ0) is 10.2. The summed E-state index contributed by atoms with van der Waals surface area (Å²) in [4.78, 5) is 0. The lowest BCUT2D eigenvalue weighted by Gasteiger charge is -2.39. The van der Waals surface area contributed by atoms with Crippen LogP contribution >= 0.6 is 0 Å². The molecule has 1 aliphatic rings. The number of alkyl halides is 1. The Labute approximate surface area is 81.0 Å². The van der Waals surface area contributed by atoms with Gasteiger partial charge in [-0.05, 0) is 30.5 Å². The Balaban J connectivity index is 2.39. The van der Waals surface area contributed by atoms with Crippen LogP contribution in [-0.2, 0) is 5.41 Å². The Bertz CT molecular complexity index is 379. The van der Waals surface area contributed by atoms with Crippen molar-refractivity contribution in [2.45, 2.75) is 24.4 Å². The van der Waals surface area contributed by atoms with E-state index < -0.39 is 11.6 Å². The summed E-state index contributed by atoms with van der Waals surface area (Å²) >= 11 is 0. The lowest BCUT2D eigenvalue weighted by atomic mass is 9.64. The third-order valence-corrected chi connectivity index (χ3v) is 2.89. The highest BCUT2D eigenvalue weighted by Gasteiger charge is 2.49. The zero-order valence-electron chi connectivity index (χ0n) is 7.50. The average molecular weight is 193 g/mol. The molecule has 3 heteroatoms. The van der Waals surface area contributed by atoms with E-state index in [0.29, 0.717) is 18.4 Å². The molecule has 2 unspecified atom stereocenters. The van der Waals surface area contributed by atoms with Crippen molar-refractivity contribution < 1.29 is 8.78 Å². The first-order chi connectivity index (χ1) is 6.69. The molecule has 0 heterocycles. The fourth-order valence-corrected chi connectivity index (χ4v) is 1.81. The van der Waals surface area contributed by atoms with Crippen LogP contribution in [0.4, 0.5) is 8.78 Å². The fourth-order valence-electron chi connectivity index (χ4n) is 1.81. The summed E-state index contributed by atoms with van der Waals surface area (Å²) < 4.78 is 25.9. The number of nitrogens with zero attached hydrogens (tertiary/aromatic N) is 1. The van der Waals surface area contributed by atoms with Gasteiger partial charge in [-0.15, -0.1) is 0 Å². The standard InChI is InChI=1S/C11H9F2N/c12-9-3-1-8(2-4-9)11(7-14)6-5-10(11)13/h1-4,10H,5-6H2. The summed E-state index contributed by atoms with van der Waals surface area (Å²) in [7, 11) is 0. The van der Waals surface area contributed by atoms with Crippen LogP contribution in [0.1, 0.15) is 18.4 Å². The average Bonchev–Trinajstić information content (AvgIpc) is 2.20. The van der Waals surface area contributed by atoms with Gasteiger partial charge in [0.2, 0.25) is 0 Å². The van der Waals surface area contributed by atoms with Gasteiger partial charge in [-0.2, -0.15) is 5.26 Å². The second-order valence-corrected chi connectivity index (χ2v) is 3.60. The first-order valence-electron chi connectivity index (χ1n) is 4.50. The van der Waals surface area contributed by atoms with Gasteiger partial charge < -0.3 is 0 Å². The monoisotopic (exact) mass is 193 g/mol. The molecule has 1 fully saturated rings. The summed E-state index contributed by atoms with van der Waals surface area (Å²) in [6.07, 6.45) is -0.167. The Morgan fingerprint density at radius 2 is 2.00 bits per heavy atom. The predicted octanol–water partition coefficient (Wildman–Crippen LogP) is 2.72. The molecule has 1 nitrogen and oxygen atoms in total. The molecule has 72 valence electrons. The van der Waals surface area contributed by atoms with Crippen LogP contribution in [0.15, 0.2) is 24.3 Å². The fraction of sp³-hybridized carbons (Fsp3) is 0.364. The van der Waals surface area contributed by atoms with E-state index in [1.54, 1.807) is 0 Å². The molecule has 0 amide bonds. The van der Waals surface area contributed by atoms with E-state index in [-0.39, 0.29) is 5.82 Å². The summed E-state index contributed by atoms with van der Waals surface area (Å²) in [6, 6.07) is 7.51. The van der Waals surface area contributed by atoms with Gasteiger partial charge in [-0.3, -0.25) is 0 Å². The van der Waals surface area contributed by atoms with Crippen LogP contribution in [0.3, 0.4) is 0 Å². The predicted molar refractivity (Wildman–Crippen MR) is 47.8 cm³/mol. The van der Waals surface area contributed by atoms with Gasteiger partial charge in [0.25, 0.3) is 0 Å². The molecule has 14 heavy (non-hydrogen) atoms. The minimum absolute atomic E-state index is 0.364. The second-order valence-electron chi connectivity index (χ2n) is 3.60. The van der Waals surface area contributed by atoms with Gasteiger partial charge in [0.05, 0.1) is 6.07 Å². The van der Waals surface area contributed by atoms with Crippen LogP contribution in [-0.4, -0.2) is 6.17 Å². The number of hydrogen-bond acceptors (Lipinski definition) is 1. The molecule has 2 atom stereocenters. The Kier molecular flexibility index (Phi) is 1.99. The third kappa shape index (κ3) is 1.11. The maximum Gasteiger partial charge on any atom is 0.123 e. The van der Waals surface area contributed by atoms with E-state index in [0.717, 1.165) is 0 Å². The van der Waals surface area contributed by atoms with Crippen molar-refractivity contribution >= 4 is 0 Å². The number of halogens is 2. The molecular weight excluding hydrogens is 184 g/mol. The summed E-state index contributed by atoms with van der Waals surface area (Å²) in [6.45, 7) is 0. The summed E-state index contributed by atoms with van der Waals surface area (Å²) in [5.41, 5.74) is -0.437. The molecule has 0 aromatic heterocycles. The van der Waals surface area contributed by atoms with Crippen molar-refractivity contribution in [3.05, 3.63) is 35.6 Å². The lowest BCUT2D eigenvalue weighted by Crippen LogP contribution is -2.44. The Morgan fingerprint density at radius 1 is 1.36 bits per heavy atom. The van der Waals surface area contributed by atoms with Crippen molar-refractivity contribution in [2.75, 3.05) is 0 Å². The van der Waals surface area contributed by atoms with Gasteiger partial charge in [0, 0.05) is 0 Å². The molecule has 0 N–H and O–H groups in total. The van der Waals surface area contributed by atoms with E-state index in [1.807, 2.05) is 6.07 Å². The van der Waals surface area contributed by atoms with Crippen molar-refractivity contribution in [3.8, 4) is 6.07 Å². The number of nitriles is 1. The normalized spacial score (nSPS) is 30.5. The van der Waals surface area contributed by atoms with Gasteiger partial charge in [0.15, 0.2) is 0 Å². The molecule has 1 aromatic carbocycles. The van der Waals surface area contributed by atoms with Crippen LogP contribution < -0.4 is 0 Å². The number of benzene rings is 1. The molecule has 1 aliphatic carbocycles. The molecular formula is C11H9F2N. The minimum Gasteiger partial charge on any atom is -0.245 e. The molecule has 0 bridgehead atoms. The minimum atomic E-state index is -1.11. The highest BCUT2D eigenvalue weighted by Crippen LogP contribution is 2.45. The molecule has 0 aliphatic heterocycles. The highest BCUT2D eigenvalue weighted by molar-refractivity contribution is 5.37. The van der Waals surface area contributed by atoms with Crippen LogP contribution in [0.2, 0.25) is 0 Å². The van der Waals surface area contributed by atoms with Crippen molar-refractivity contribution in [3.63, 3.8) is 0 Å². The van der Waals surface area contributed by atoms with Crippen LogP contribution in [0, 0.1) is 17.1 Å². The smallest absolute Gasteiger partial charge is 0.123 e. The third-order valence-electron chi connectivity index (χ3n) is 2.89. The van der Waals surface area contributed by atoms with E-state index in [2.05, 4.69) is 0 Å². The molecule has 1 saturated carbocycles. The zero-order valence-corrected chi connectivity index (χ0v) is 7.50. The molecule has 0 saturated heterocycles. The van der Waals surface area contributed by atoms with E-state index in [4.69, 9.17) is 5.26 Å². The quantitative estimate of drug-likeness (QED) is 0.672. The second kappa shape index (κ2) is 3.06. The van der Waals surface area contributed by atoms with E-state index in [9.17, 15) is 8.78 Å². The number of hydrogen-bond donors (Lipinski definition) is 0. The first kappa shape index (κ1) is 9.14. The highest BCUT2D eigenvalue weighted by atomic mass is 19.1. The topological polar surface area (TPSA) is 23.8 Å². The lowest BCUT2D eigenvalue weighted by molar-refractivity contribution is 0.116. The van der Waals surface area contributed by atoms with Crippen LogP contribution in [0.25, 0.3) is 0 Å². The molecule has 0 spiro atoms. The van der Waals surface area contributed by atoms with E-state index in [1.165, 1.54) is 24.3 Å². The summed E-state index contributed by atoms with van der Waals surface area (Å²) in [5, 5.41) is 8.95. The SMILES string of the molecule is N#CC1(c2ccc(F)cc2)CCC1F. The Morgan fingerprint density at radius 3 is 2.36 bits per heavy atom.